The Bertz CT molecular complexity index is 878. The number of anilines is 1. The molecule has 0 aliphatic carbocycles. The van der Waals surface area contributed by atoms with Crippen LogP contribution in [-0.2, 0) is 11.2 Å². The molecule has 26 heavy (non-hydrogen) atoms. The molecule has 3 rings (SSSR count). The molecule has 7 heteroatoms. The van der Waals surface area contributed by atoms with Crippen molar-refractivity contribution in [3.8, 4) is 17.1 Å². The van der Waals surface area contributed by atoms with Crippen LogP contribution in [0.1, 0.15) is 18.7 Å². The summed E-state index contributed by atoms with van der Waals surface area (Å²) in [7, 11) is 1.60. The summed E-state index contributed by atoms with van der Waals surface area (Å²) >= 11 is 0. The Balaban J connectivity index is 1.50. The Morgan fingerprint density at radius 3 is 2.69 bits per heavy atom. The number of methoxy groups -OCH3 is 1. The Morgan fingerprint density at radius 1 is 1.19 bits per heavy atom. The van der Waals surface area contributed by atoms with E-state index >= 15 is 0 Å². The van der Waals surface area contributed by atoms with Gasteiger partial charge in [-0.3, -0.25) is 4.79 Å². The largest absolute Gasteiger partial charge is 0.497 e. The van der Waals surface area contributed by atoms with Gasteiger partial charge in [-0.05, 0) is 42.8 Å². The number of aryl methyl sites for hydroxylation is 1. The number of amides is 1. The number of nitrogens with one attached hydrogen (secondary N) is 1. The molecule has 0 fully saturated rings. The highest BCUT2D eigenvalue weighted by Crippen LogP contribution is 2.20. The van der Waals surface area contributed by atoms with Gasteiger partial charge in [-0.1, -0.05) is 17.3 Å². The van der Waals surface area contributed by atoms with E-state index in [1.54, 1.807) is 19.2 Å². The SMILES string of the molecule is COc1ccc(-c2noc(CCCC(=O)Nc3ccccc3F)n2)cc1. The fourth-order valence-electron chi connectivity index (χ4n) is 2.39. The predicted molar refractivity (Wildman–Crippen MR) is 94.3 cm³/mol. The highest BCUT2D eigenvalue weighted by molar-refractivity contribution is 5.90. The first kappa shape index (κ1) is 17.6. The summed E-state index contributed by atoms with van der Waals surface area (Å²) in [5.74, 6) is 0.971. The third-order valence-corrected chi connectivity index (χ3v) is 3.76. The lowest BCUT2D eigenvalue weighted by Crippen LogP contribution is -2.12. The van der Waals surface area contributed by atoms with Gasteiger partial charge in [-0.2, -0.15) is 4.98 Å². The molecule has 1 N–H and O–H groups in total. The molecule has 1 amide bonds. The Kier molecular flexibility index (Phi) is 5.58. The first-order valence-corrected chi connectivity index (χ1v) is 8.17. The molecule has 1 aromatic heterocycles. The van der Waals surface area contributed by atoms with E-state index in [2.05, 4.69) is 15.5 Å². The molecule has 0 radical (unpaired) electrons. The average Bonchev–Trinajstić information content (AvgIpc) is 3.12. The minimum atomic E-state index is -0.457. The molecule has 3 aromatic rings. The predicted octanol–water partition coefficient (Wildman–Crippen LogP) is 3.85. The molecule has 0 atom stereocenters. The average molecular weight is 355 g/mol. The van der Waals surface area contributed by atoms with Gasteiger partial charge in [0.05, 0.1) is 12.8 Å². The number of para-hydroxylation sites is 1. The van der Waals surface area contributed by atoms with E-state index in [9.17, 15) is 9.18 Å². The maximum Gasteiger partial charge on any atom is 0.226 e. The van der Waals surface area contributed by atoms with Gasteiger partial charge in [-0.15, -0.1) is 0 Å². The molecule has 1 heterocycles. The number of halogens is 1. The minimum Gasteiger partial charge on any atom is -0.497 e. The fraction of sp³-hybridized carbons (Fsp3) is 0.211. The molecule has 6 nitrogen and oxygen atoms in total. The molecule has 0 spiro atoms. The summed E-state index contributed by atoms with van der Waals surface area (Å²) in [6, 6.07) is 13.4. The molecule has 0 saturated heterocycles. The van der Waals surface area contributed by atoms with E-state index < -0.39 is 5.82 Å². The van der Waals surface area contributed by atoms with Crippen LogP contribution in [0.25, 0.3) is 11.4 Å². The molecular weight excluding hydrogens is 337 g/mol. The van der Waals surface area contributed by atoms with Crippen LogP contribution in [0.15, 0.2) is 53.1 Å². The van der Waals surface area contributed by atoms with Crippen molar-refractivity contribution in [1.82, 2.24) is 10.1 Å². The molecule has 0 saturated carbocycles. The Hall–Kier alpha value is -3.22. The molecule has 0 aliphatic heterocycles. The van der Waals surface area contributed by atoms with Crippen molar-refractivity contribution in [1.29, 1.82) is 0 Å². The van der Waals surface area contributed by atoms with E-state index in [1.165, 1.54) is 12.1 Å². The van der Waals surface area contributed by atoms with Crippen LogP contribution >= 0.6 is 0 Å². The zero-order valence-electron chi connectivity index (χ0n) is 14.2. The van der Waals surface area contributed by atoms with E-state index in [4.69, 9.17) is 9.26 Å². The monoisotopic (exact) mass is 355 g/mol. The summed E-state index contributed by atoms with van der Waals surface area (Å²) in [6.45, 7) is 0. The lowest BCUT2D eigenvalue weighted by molar-refractivity contribution is -0.116. The van der Waals surface area contributed by atoms with Gasteiger partial charge in [0.25, 0.3) is 0 Å². The van der Waals surface area contributed by atoms with Crippen LogP contribution < -0.4 is 10.1 Å². The summed E-state index contributed by atoms with van der Waals surface area (Å²) in [5.41, 5.74) is 0.996. The maximum absolute atomic E-state index is 13.5. The van der Waals surface area contributed by atoms with Crippen molar-refractivity contribution in [2.24, 2.45) is 0 Å². The van der Waals surface area contributed by atoms with Crippen LogP contribution in [0.4, 0.5) is 10.1 Å². The lowest BCUT2D eigenvalue weighted by atomic mass is 10.2. The zero-order valence-corrected chi connectivity index (χ0v) is 14.2. The lowest BCUT2D eigenvalue weighted by Gasteiger charge is -2.05. The van der Waals surface area contributed by atoms with Crippen LogP contribution in [0.5, 0.6) is 5.75 Å². The van der Waals surface area contributed by atoms with Crippen molar-refractivity contribution in [2.45, 2.75) is 19.3 Å². The highest BCUT2D eigenvalue weighted by atomic mass is 19.1. The van der Waals surface area contributed by atoms with Crippen molar-refractivity contribution in [3.05, 3.63) is 60.2 Å². The molecular formula is C19H18FN3O3. The van der Waals surface area contributed by atoms with E-state index in [-0.39, 0.29) is 18.0 Å². The summed E-state index contributed by atoms with van der Waals surface area (Å²) in [4.78, 5) is 16.2. The number of aromatic nitrogens is 2. The van der Waals surface area contributed by atoms with E-state index in [0.717, 1.165) is 11.3 Å². The van der Waals surface area contributed by atoms with Crippen molar-refractivity contribution >= 4 is 11.6 Å². The molecule has 2 aromatic carbocycles. The zero-order chi connectivity index (χ0) is 18.4. The summed E-state index contributed by atoms with van der Waals surface area (Å²) in [5, 5.41) is 6.49. The van der Waals surface area contributed by atoms with Crippen molar-refractivity contribution in [2.75, 3.05) is 12.4 Å². The molecule has 0 unspecified atom stereocenters. The highest BCUT2D eigenvalue weighted by Gasteiger charge is 2.11. The smallest absolute Gasteiger partial charge is 0.226 e. The summed E-state index contributed by atoms with van der Waals surface area (Å²) in [6.07, 6.45) is 1.22. The van der Waals surface area contributed by atoms with Crippen LogP contribution in [0.2, 0.25) is 0 Å². The molecule has 0 bridgehead atoms. The van der Waals surface area contributed by atoms with Gasteiger partial charge < -0.3 is 14.6 Å². The number of hydrogen-bond donors (Lipinski definition) is 1. The van der Waals surface area contributed by atoms with Crippen LogP contribution in [0, 0.1) is 5.82 Å². The van der Waals surface area contributed by atoms with E-state index in [1.807, 2.05) is 24.3 Å². The fourth-order valence-corrected chi connectivity index (χ4v) is 2.39. The quantitative estimate of drug-likeness (QED) is 0.697. The normalized spacial score (nSPS) is 10.5. The van der Waals surface area contributed by atoms with Crippen molar-refractivity contribution in [3.63, 3.8) is 0 Å². The molecule has 134 valence electrons. The second kappa shape index (κ2) is 8.24. The maximum atomic E-state index is 13.5. The molecule has 0 aliphatic rings. The van der Waals surface area contributed by atoms with Gasteiger partial charge >= 0.3 is 0 Å². The number of carbonyl (C=O) groups is 1. The van der Waals surface area contributed by atoms with Gasteiger partial charge in [0.15, 0.2) is 0 Å². The standard InChI is InChI=1S/C19H18FN3O3/c1-25-14-11-9-13(10-12-14)19-22-18(26-23-19)8-4-7-17(24)21-16-6-3-2-5-15(16)20/h2-3,5-6,9-12H,4,7-8H2,1H3,(H,21,24). The van der Waals surface area contributed by atoms with E-state index in [0.29, 0.717) is 24.6 Å². The van der Waals surface area contributed by atoms with Gasteiger partial charge in [0, 0.05) is 18.4 Å². The van der Waals surface area contributed by atoms with Gasteiger partial charge in [0.1, 0.15) is 11.6 Å². The van der Waals surface area contributed by atoms with Gasteiger partial charge in [0.2, 0.25) is 17.6 Å². The summed E-state index contributed by atoms with van der Waals surface area (Å²) < 4.78 is 23.8. The number of nitrogens with zero attached hydrogens (tertiary/aromatic N) is 2. The Labute approximate surface area is 150 Å². The number of ether oxygens (including phenoxy) is 1. The second-order valence-electron chi connectivity index (χ2n) is 5.62. The minimum absolute atomic E-state index is 0.178. The van der Waals surface area contributed by atoms with Crippen LogP contribution in [-0.4, -0.2) is 23.2 Å². The second-order valence-corrected chi connectivity index (χ2v) is 5.62. The topological polar surface area (TPSA) is 77.2 Å². The Morgan fingerprint density at radius 2 is 1.96 bits per heavy atom. The first-order valence-electron chi connectivity index (χ1n) is 8.17. The van der Waals surface area contributed by atoms with Crippen LogP contribution in [0.3, 0.4) is 0 Å². The first-order chi connectivity index (χ1) is 12.7. The van der Waals surface area contributed by atoms with Gasteiger partial charge in [-0.25, -0.2) is 4.39 Å². The number of carbonyl (C=O) groups excluding carboxylic acids is 1. The number of rotatable bonds is 7. The third-order valence-electron chi connectivity index (χ3n) is 3.76. The number of hydrogen-bond acceptors (Lipinski definition) is 5. The third kappa shape index (κ3) is 4.44. The number of benzene rings is 2. The van der Waals surface area contributed by atoms with Crippen molar-refractivity contribution < 1.29 is 18.4 Å².